The van der Waals surface area contributed by atoms with Gasteiger partial charge in [0.25, 0.3) is 15.9 Å². The molecule has 12 heteroatoms. The molecule has 208 valence electrons. The van der Waals surface area contributed by atoms with E-state index in [0.717, 1.165) is 6.07 Å². The van der Waals surface area contributed by atoms with Gasteiger partial charge in [-0.15, -0.1) is 0 Å². The monoisotopic (exact) mass is 603 g/mol. The molecule has 0 unspecified atom stereocenters. The first-order valence-corrected chi connectivity index (χ1v) is 14.5. The van der Waals surface area contributed by atoms with Crippen LogP contribution in [-0.4, -0.2) is 38.1 Å². The molecular formula is C26H32Cl3N3O5S. The Labute approximate surface area is 238 Å². The van der Waals surface area contributed by atoms with Crippen molar-refractivity contribution < 1.29 is 22.7 Å². The summed E-state index contributed by atoms with van der Waals surface area (Å²) < 4.78 is 34.0. The number of carbonyl (C=O) groups is 2. The molecular weight excluding hydrogens is 573 g/mol. The minimum Gasteiger partial charge on any atom is -0.444 e. The SMILES string of the molecule is CC(C)(C)OC(=O)NC1C(C)(C)C(NC(=O)c2cc(S(=O)(=O)Nc3cccc(Cl)c3)c(Cl)cc2Cl)C1(C)C. The minimum absolute atomic E-state index is 0.00688. The molecule has 2 aromatic carbocycles. The molecule has 1 fully saturated rings. The summed E-state index contributed by atoms with van der Waals surface area (Å²) in [7, 11) is -4.18. The molecule has 1 aliphatic rings. The van der Waals surface area contributed by atoms with Crippen molar-refractivity contribution in [1.29, 1.82) is 0 Å². The van der Waals surface area contributed by atoms with E-state index in [9.17, 15) is 18.0 Å². The van der Waals surface area contributed by atoms with Crippen LogP contribution in [0.4, 0.5) is 10.5 Å². The number of benzene rings is 2. The van der Waals surface area contributed by atoms with Crippen LogP contribution in [0.15, 0.2) is 41.3 Å². The topological polar surface area (TPSA) is 114 Å². The second-order valence-corrected chi connectivity index (χ2v) is 14.4. The van der Waals surface area contributed by atoms with Gasteiger partial charge in [0.2, 0.25) is 0 Å². The molecule has 2 aromatic rings. The number of anilines is 1. The van der Waals surface area contributed by atoms with Crippen molar-refractivity contribution in [3.05, 3.63) is 57.0 Å². The maximum atomic E-state index is 13.4. The van der Waals surface area contributed by atoms with Crippen LogP contribution in [0.1, 0.15) is 58.8 Å². The number of hydrogen-bond acceptors (Lipinski definition) is 5. The van der Waals surface area contributed by atoms with Crippen molar-refractivity contribution in [2.45, 2.75) is 71.0 Å². The van der Waals surface area contributed by atoms with Gasteiger partial charge in [-0.2, -0.15) is 0 Å². The molecule has 0 aliphatic heterocycles. The van der Waals surface area contributed by atoms with Gasteiger partial charge in [0.05, 0.1) is 21.3 Å². The third-order valence-corrected chi connectivity index (χ3v) is 8.94. The van der Waals surface area contributed by atoms with Crippen molar-refractivity contribution in [1.82, 2.24) is 10.6 Å². The number of rotatable bonds is 6. The number of halogens is 3. The van der Waals surface area contributed by atoms with E-state index in [1.54, 1.807) is 32.9 Å². The first kappa shape index (κ1) is 30.3. The predicted octanol–water partition coefficient (Wildman–Crippen LogP) is 6.51. The molecule has 0 saturated heterocycles. The lowest BCUT2D eigenvalue weighted by atomic mass is 9.48. The van der Waals surface area contributed by atoms with Gasteiger partial charge in [0, 0.05) is 27.9 Å². The maximum Gasteiger partial charge on any atom is 0.407 e. The van der Waals surface area contributed by atoms with E-state index in [4.69, 9.17) is 39.5 Å². The summed E-state index contributed by atoms with van der Waals surface area (Å²) in [5.41, 5.74) is -1.59. The van der Waals surface area contributed by atoms with Gasteiger partial charge >= 0.3 is 6.09 Å². The molecule has 0 aromatic heterocycles. The number of sulfonamides is 1. The highest BCUT2D eigenvalue weighted by Gasteiger charge is 2.63. The quantitative estimate of drug-likeness (QED) is 0.348. The Morgan fingerprint density at radius 2 is 1.47 bits per heavy atom. The van der Waals surface area contributed by atoms with Gasteiger partial charge in [-0.1, -0.05) is 68.6 Å². The van der Waals surface area contributed by atoms with Crippen LogP contribution in [0.3, 0.4) is 0 Å². The van der Waals surface area contributed by atoms with Crippen LogP contribution < -0.4 is 15.4 Å². The average molecular weight is 605 g/mol. The predicted molar refractivity (Wildman–Crippen MR) is 151 cm³/mol. The van der Waals surface area contributed by atoms with Gasteiger partial charge in [-0.25, -0.2) is 13.2 Å². The van der Waals surface area contributed by atoms with Gasteiger partial charge in [0.15, 0.2) is 0 Å². The molecule has 8 nitrogen and oxygen atoms in total. The highest BCUT2D eigenvalue weighted by molar-refractivity contribution is 7.92. The van der Waals surface area contributed by atoms with Crippen molar-refractivity contribution in [3.8, 4) is 0 Å². The summed E-state index contributed by atoms with van der Waals surface area (Å²) in [6.45, 7) is 13.0. The number of nitrogens with one attached hydrogen (secondary N) is 3. The Balaban J connectivity index is 1.84. The van der Waals surface area contributed by atoms with E-state index >= 15 is 0 Å². The van der Waals surface area contributed by atoms with Crippen LogP contribution in [-0.2, 0) is 14.8 Å². The summed E-state index contributed by atoms with van der Waals surface area (Å²) in [4.78, 5) is 25.5. The number of ether oxygens (including phenoxy) is 1. The lowest BCUT2D eigenvalue weighted by Gasteiger charge is -2.64. The fourth-order valence-corrected chi connectivity index (χ4v) is 7.30. The third-order valence-electron chi connectivity index (χ3n) is 6.55. The number of alkyl carbamates (subject to hydrolysis) is 1. The summed E-state index contributed by atoms with van der Waals surface area (Å²) in [5, 5.41) is 6.08. The fourth-order valence-electron chi connectivity index (χ4n) is 5.20. The Morgan fingerprint density at radius 1 is 0.895 bits per heavy atom. The molecule has 2 amide bonds. The van der Waals surface area contributed by atoms with Crippen LogP contribution in [0.2, 0.25) is 15.1 Å². The Morgan fingerprint density at radius 3 is 2.03 bits per heavy atom. The van der Waals surface area contributed by atoms with E-state index in [1.165, 1.54) is 18.2 Å². The molecule has 1 saturated carbocycles. The highest BCUT2D eigenvalue weighted by Crippen LogP contribution is 2.54. The minimum atomic E-state index is -4.18. The van der Waals surface area contributed by atoms with Crippen molar-refractivity contribution in [3.63, 3.8) is 0 Å². The number of carbonyl (C=O) groups excluding carboxylic acids is 2. The normalized spacial score (nSPS) is 20.2. The lowest BCUT2D eigenvalue weighted by Crippen LogP contribution is -2.77. The molecule has 0 bridgehead atoms. The van der Waals surface area contributed by atoms with E-state index in [2.05, 4.69) is 15.4 Å². The first-order valence-electron chi connectivity index (χ1n) is 11.8. The molecule has 3 N–H and O–H groups in total. The van der Waals surface area contributed by atoms with Crippen LogP contribution in [0.25, 0.3) is 0 Å². The van der Waals surface area contributed by atoms with Crippen LogP contribution >= 0.6 is 34.8 Å². The fraction of sp³-hybridized carbons (Fsp3) is 0.462. The summed E-state index contributed by atoms with van der Waals surface area (Å²) in [5.74, 6) is -0.576. The summed E-state index contributed by atoms with van der Waals surface area (Å²) >= 11 is 18.5. The van der Waals surface area contributed by atoms with E-state index < -0.39 is 38.5 Å². The zero-order valence-corrected chi connectivity index (χ0v) is 25.3. The zero-order chi connectivity index (χ0) is 28.8. The number of hydrogen-bond donors (Lipinski definition) is 3. The van der Waals surface area contributed by atoms with Crippen molar-refractivity contribution in [2.24, 2.45) is 10.8 Å². The molecule has 0 radical (unpaired) electrons. The second-order valence-electron chi connectivity index (χ2n) is 11.5. The highest BCUT2D eigenvalue weighted by atomic mass is 35.5. The second kappa shape index (κ2) is 10.4. The summed E-state index contributed by atoms with van der Waals surface area (Å²) in [6, 6.07) is 7.83. The Kier molecular flexibility index (Phi) is 8.31. The van der Waals surface area contributed by atoms with E-state index in [0.29, 0.717) is 5.02 Å². The summed E-state index contributed by atoms with van der Waals surface area (Å²) in [6.07, 6.45) is -0.545. The Hall–Kier alpha value is -2.20. The molecule has 1 aliphatic carbocycles. The number of amides is 2. The maximum absolute atomic E-state index is 13.4. The van der Waals surface area contributed by atoms with Gasteiger partial charge in [-0.05, 0) is 51.1 Å². The molecule has 0 atom stereocenters. The average Bonchev–Trinajstić information content (AvgIpc) is 2.73. The third kappa shape index (κ3) is 6.33. The smallest absolute Gasteiger partial charge is 0.407 e. The van der Waals surface area contributed by atoms with Gasteiger partial charge in [-0.3, -0.25) is 9.52 Å². The zero-order valence-electron chi connectivity index (χ0n) is 22.2. The lowest BCUT2D eigenvalue weighted by molar-refractivity contribution is -0.0861. The van der Waals surface area contributed by atoms with Crippen LogP contribution in [0.5, 0.6) is 0 Å². The van der Waals surface area contributed by atoms with Crippen molar-refractivity contribution >= 4 is 62.5 Å². The van der Waals surface area contributed by atoms with E-state index in [-0.39, 0.29) is 38.3 Å². The van der Waals surface area contributed by atoms with Crippen molar-refractivity contribution in [2.75, 3.05) is 4.72 Å². The van der Waals surface area contributed by atoms with Gasteiger partial charge < -0.3 is 15.4 Å². The largest absolute Gasteiger partial charge is 0.444 e. The first-order chi connectivity index (χ1) is 17.3. The molecule has 0 heterocycles. The van der Waals surface area contributed by atoms with Gasteiger partial charge in [0.1, 0.15) is 10.5 Å². The Bertz CT molecular complexity index is 1350. The standard InChI is InChI=1S/C26H32Cl3N3O5S/c1-24(2,3)37-23(34)31-22-25(4,5)21(26(22,6)7)30-20(33)16-12-19(18(29)13-17(16)28)38(35,36)32-15-10-8-9-14(27)11-15/h8-13,21-22,32H,1-7H3,(H,30,33)(H,31,34). The van der Waals surface area contributed by atoms with Crippen LogP contribution in [0, 0.1) is 10.8 Å². The molecule has 38 heavy (non-hydrogen) atoms. The molecule has 3 rings (SSSR count). The molecule has 0 spiro atoms. The van der Waals surface area contributed by atoms with E-state index in [1.807, 2.05) is 27.7 Å².